The number of benzene rings is 2. The van der Waals surface area contributed by atoms with Gasteiger partial charge in [-0.3, -0.25) is 19.8 Å². The van der Waals surface area contributed by atoms with E-state index >= 15 is 0 Å². The fraction of sp³-hybridized carbons (Fsp3) is 0.469. The minimum atomic E-state index is -0.820. The van der Waals surface area contributed by atoms with Gasteiger partial charge in [-0.1, -0.05) is 86.7 Å². The average molecular weight is 565 g/mol. The zero-order valence-electron chi connectivity index (χ0n) is 24.3. The topological polar surface area (TPSA) is 123 Å². The van der Waals surface area contributed by atoms with Gasteiger partial charge in [-0.15, -0.1) is 0 Å². The number of allylic oxidation sites excluding steroid dienone is 1. The second-order valence-corrected chi connectivity index (χ2v) is 10.9. The van der Waals surface area contributed by atoms with Crippen LogP contribution in [0.4, 0.5) is 0 Å². The summed E-state index contributed by atoms with van der Waals surface area (Å²) in [6, 6.07) is 18.3. The number of nitrogens with zero attached hydrogens (tertiary/aromatic N) is 1. The van der Waals surface area contributed by atoms with Crippen molar-refractivity contribution in [1.82, 2.24) is 15.9 Å². The largest absolute Gasteiger partial charge is 0.350 e. The van der Waals surface area contributed by atoms with E-state index in [1.54, 1.807) is 6.92 Å². The zero-order chi connectivity index (χ0) is 29.6. The maximum Gasteiger partial charge on any atom is 0.257 e. The molecule has 0 saturated carbocycles. The Morgan fingerprint density at radius 2 is 1.68 bits per heavy atom. The fourth-order valence-corrected chi connectivity index (χ4v) is 4.73. The molecule has 2 aromatic rings. The van der Waals surface area contributed by atoms with Gasteiger partial charge in [0.2, 0.25) is 11.8 Å². The van der Waals surface area contributed by atoms with Gasteiger partial charge in [-0.2, -0.15) is 0 Å². The highest BCUT2D eigenvalue weighted by molar-refractivity contribution is 5.89. The SMILES string of the molecule is CC(C)C[C@@H](C(=O)NN(Cc1ccccc1)C(=O)[C@@H](C)N)[C@H](C/C=C/c1ccccc1)C(=O)NOC1CCCCO1. The van der Waals surface area contributed by atoms with E-state index in [9.17, 15) is 14.4 Å². The summed E-state index contributed by atoms with van der Waals surface area (Å²) in [4.78, 5) is 46.0. The van der Waals surface area contributed by atoms with Crippen LogP contribution in [0.25, 0.3) is 6.08 Å². The molecule has 9 heteroatoms. The molecule has 1 heterocycles. The van der Waals surface area contributed by atoms with E-state index in [0.717, 1.165) is 24.0 Å². The van der Waals surface area contributed by atoms with E-state index in [1.165, 1.54) is 5.01 Å². The van der Waals surface area contributed by atoms with Crippen molar-refractivity contribution in [2.24, 2.45) is 23.5 Å². The van der Waals surface area contributed by atoms with E-state index in [2.05, 4.69) is 10.9 Å². The van der Waals surface area contributed by atoms with Crippen molar-refractivity contribution in [1.29, 1.82) is 0 Å². The summed E-state index contributed by atoms with van der Waals surface area (Å²) in [5.74, 6) is -2.66. The second kappa shape index (κ2) is 16.7. The number of rotatable bonds is 13. The van der Waals surface area contributed by atoms with Crippen LogP contribution in [0.5, 0.6) is 0 Å². The molecule has 4 N–H and O–H groups in total. The number of hydrogen-bond acceptors (Lipinski definition) is 6. The van der Waals surface area contributed by atoms with Crippen molar-refractivity contribution in [3.05, 3.63) is 77.9 Å². The quantitative estimate of drug-likeness (QED) is 0.311. The first-order chi connectivity index (χ1) is 19.7. The van der Waals surface area contributed by atoms with Gasteiger partial charge in [0.15, 0.2) is 6.29 Å². The number of ether oxygens (including phenoxy) is 1. The van der Waals surface area contributed by atoms with Crippen molar-refractivity contribution in [2.75, 3.05) is 6.61 Å². The van der Waals surface area contributed by atoms with Crippen molar-refractivity contribution in [3.63, 3.8) is 0 Å². The summed E-state index contributed by atoms with van der Waals surface area (Å²) in [6.07, 6.45) is 6.61. The summed E-state index contributed by atoms with van der Waals surface area (Å²) in [7, 11) is 0. The lowest BCUT2D eigenvalue weighted by molar-refractivity contribution is -0.203. The number of nitrogens with one attached hydrogen (secondary N) is 2. The third-order valence-corrected chi connectivity index (χ3v) is 6.90. The molecule has 0 radical (unpaired) electrons. The number of carbonyl (C=O) groups is 3. The van der Waals surface area contributed by atoms with Crippen LogP contribution in [0.3, 0.4) is 0 Å². The van der Waals surface area contributed by atoms with E-state index in [4.69, 9.17) is 15.3 Å². The van der Waals surface area contributed by atoms with Gasteiger partial charge in [0.25, 0.3) is 5.91 Å². The van der Waals surface area contributed by atoms with Crippen molar-refractivity contribution < 1.29 is 24.0 Å². The molecular formula is C32H44N4O5. The van der Waals surface area contributed by atoms with Crippen LogP contribution in [-0.2, 0) is 30.5 Å². The molecule has 1 saturated heterocycles. The van der Waals surface area contributed by atoms with Crippen LogP contribution < -0.4 is 16.6 Å². The van der Waals surface area contributed by atoms with Gasteiger partial charge in [-0.25, -0.2) is 15.3 Å². The molecule has 4 atom stereocenters. The molecule has 3 rings (SSSR count). The van der Waals surface area contributed by atoms with Crippen molar-refractivity contribution in [2.45, 2.75) is 71.8 Å². The van der Waals surface area contributed by atoms with E-state index in [-0.39, 0.29) is 12.5 Å². The molecule has 0 bridgehead atoms. The number of hydroxylamine groups is 1. The molecule has 2 aromatic carbocycles. The predicted octanol–water partition coefficient (Wildman–Crippen LogP) is 4.35. The smallest absolute Gasteiger partial charge is 0.257 e. The fourth-order valence-electron chi connectivity index (χ4n) is 4.73. The molecular weight excluding hydrogens is 520 g/mol. The highest BCUT2D eigenvalue weighted by atomic mass is 16.8. The predicted molar refractivity (Wildman–Crippen MR) is 158 cm³/mol. The van der Waals surface area contributed by atoms with Crippen LogP contribution in [0.15, 0.2) is 66.7 Å². The van der Waals surface area contributed by atoms with Crippen molar-refractivity contribution in [3.8, 4) is 0 Å². The summed E-state index contributed by atoms with van der Waals surface area (Å²) in [5, 5.41) is 1.25. The Balaban J connectivity index is 1.84. The molecule has 0 aliphatic carbocycles. The minimum absolute atomic E-state index is 0.105. The highest BCUT2D eigenvalue weighted by Gasteiger charge is 2.36. The van der Waals surface area contributed by atoms with Crippen LogP contribution >= 0.6 is 0 Å². The standard InChI is InChI=1S/C32H44N4O5/c1-23(2)21-28(30(37)34-36(32(39)24(3)33)22-26-15-8-5-9-16-26)27(18-12-17-25-13-6-4-7-14-25)31(38)35-41-29-19-10-11-20-40-29/h4-9,12-17,23-24,27-29H,10-11,18-22,33H2,1-3H3,(H,34,37)(H,35,38)/b17-12+/t24-,27+,28-,29?/m1/s1. The lowest BCUT2D eigenvalue weighted by atomic mass is 9.82. The Labute approximate surface area is 243 Å². The molecule has 1 fully saturated rings. The number of hydrazine groups is 1. The van der Waals surface area contributed by atoms with Gasteiger partial charge in [0.05, 0.1) is 24.4 Å². The normalized spacial score (nSPS) is 17.5. The van der Waals surface area contributed by atoms with E-state index in [1.807, 2.05) is 86.7 Å². The molecule has 1 aliphatic rings. The van der Waals surface area contributed by atoms with Gasteiger partial charge in [-0.05, 0) is 49.7 Å². The first-order valence-electron chi connectivity index (χ1n) is 14.4. The molecule has 0 spiro atoms. The lowest BCUT2D eigenvalue weighted by Crippen LogP contribution is -2.54. The molecule has 9 nitrogen and oxygen atoms in total. The van der Waals surface area contributed by atoms with Crippen LogP contribution in [-0.4, -0.2) is 41.7 Å². The maximum atomic E-state index is 13.9. The molecule has 0 aromatic heterocycles. The van der Waals surface area contributed by atoms with E-state index in [0.29, 0.717) is 25.9 Å². The van der Waals surface area contributed by atoms with Gasteiger partial charge in [0.1, 0.15) is 0 Å². The summed E-state index contributed by atoms with van der Waals surface area (Å²) in [6.45, 7) is 6.29. The van der Waals surface area contributed by atoms with Crippen LogP contribution in [0.2, 0.25) is 0 Å². The Kier molecular flexibility index (Phi) is 13.0. The van der Waals surface area contributed by atoms with E-state index < -0.39 is 41.9 Å². The number of hydrogen-bond donors (Lipinski definition) is 3. The van der Waals surface area contributed by atoms with Gasteiger partial charge in [0, 0.05) is 13.0 Å². The summed E-state index contributed by atoms with van der Waals surface area (Å²) in [5.41, 5.74) is 13.1. The zero-order valence-corrected chi connectivity index (χ0v) is 24.3. The Hall–Kier alpha value is -3.53. The number of carbonyl (C=O) groups excluding carboxylic acids is 3. The minimum Gasteiger partial charge on any atom is -0.350 e. The average Bonchev–Trinajstić information content (AvgIpc) is 2.98. The molecule has 3 amide bonds. The molecule has 41 heavy (non-hydrogen) atoms. The lowest BCUT2D eigenvalue weighted by Gasteiger charge is -2.31. The monoisotopic (exact) mass is 564 g/mol. The number of nitrogens with two attached hydrogens (primary N) is 1. The summed E-state index contributed by atoms with van der Waals surface area (Å²) >= 11 is 0. The molecule has 1 aliphatic heterocycles. The van der Waals surface area contributed by atoms with Gasteiger partial charge < -0.3 is 10.5 Å². The highest BCUT2D eigenvalue weighted by Crippen LogP contribution is 2.26. The third kappa shape index (κ3) is 10.8. The van der Waals surface area contributed by atoms with Crippen LogP contribution in [0.1, 0.15) is 64.0 Å². The summed E-state index contributed by atoms with van der Waals surface area (Å²) < 4.78 is 5.59. The van der Waals surface area contributed by atoms with Crippen molar-refractivity contribution >= 4 is 23.8 Å². The molecule has 222 valence electrons. The Morgan fingerprint density at radius 3 is 2.29 bits per heavy atom. The maximum absolute atomic E-state index is 13.9. The van der Waals surface area contributed by atoms with Gasteiger partial charge >= 0.3 is 0 Å². The van der Waals surface area contributed by atoms with Crippen LogP contribution in [0, 0.1) is 17.8 Å². The third-order valence-electron chi connectivity index (χ3n) is 6.90. The second-order valence-electron chi connectivity index (χ2n) is 10.9. The molecule has 1 unspecified atom stereocenters. The first-order valence-corrected chi connectivity index (χ1v) is 14.4. The number of amides is 3. The Bertz CT molecular complexity index is 1120. The first kappa shape index (κ1) is 32.0. The Morgan fingerprint density at radius 1 is 1.00 bits per heavy atom.